The zero-order valence-electron chi connectivity index (χ0n) is 23.7. The number of fused-ring (bicyclic) bond motifs is 1. The minimum atomic E-state index is -3.27. The Labute approximate surface area is 239 Å². The van der Waals surface area contributed by atoms with Crippen molar-refractivity contribution < 1.29 is 22.7 Å². The van der Waals surface area contributed by atoms with Crippen molar-refractivity contribution in [2.45, 2.75) is 25.0 Å². The zero-order valence-corrected chi connectivity index (χ0v) is 24.5. The Morgan fingerprint density at radius 3 is 2.56 bits per heavy atom. The summed E-state index contributed by atoms with van der Waals surface area (Å²) >= 11 is 0. The molecule has 2 aliphatic rings. The SMILES string of the molecule is C=CC(=O)Nc1cc(Nc2nc(OC3CN(S(C)(=O)=O)C3)c3cc[nH]c3n2)c(OC)cc1N1CCC(N(C)C)CC1. The van der Waals surface area contributed by atoms with Crippen LogP contribution in [0.4, 0.5) is 23.0 Å². The number of H-pyrrole nitrogens is 1. The first kappa shape index (κ1) is 28.6. The van der Waals surface area contributed by atoms with Gasteiger partial charge in [0.2, 0.25) is 27.8 Å². The van der Waals surface area contributed by atoms with Gasteiger partial charge in [0.1, 0.15) is 17.5 Å². The molecule has 0 bridgehead atoms. The number of sulfonamides is 1. The molecule has 2 aromatic heterocycles. The Bertz CT molecular complexity index is 1540. The molecule has 4 heterocycles. The fourth-order valence-corrected chi connectivity index (χ4v) is 5.96. The number of methoxy groups -OCH3 is 1. The molecular weight excluding hydrogens is 548 g/mol. The van der Waals surface area contributed by atoms with Gasteiger partial charge in [0.25, 0.3) is 0 Å². The summed E-state index contributed by atoms with van der Waals surface area (Å²) in [6.45, 7) is 5.77. The van der Waals surface area contributed by atoms with E-state index in [1.54, 1.807) is 25.4 Å². The van der Waals surface area contributed by atoms with Gasteiger partial charge >= 0.3 is 0 Å². The summed E-state index contributed by atoms with van der Waals surface area (Å²) in [5, 5.41) is 6.83. The third kappa shape index (κ3) is 6.24. The summed E-state index contributed by atoms with van der Waals surface area (Å²) in [4.78, 5) is 29.1. The molecule has 3 N–H and O–H groups in total. The van der Waals surface area contributed by atoms with Crippen molar-refractivity contribution >= 4 is 50.0 Å². The van der Waals surface area contributed by atoms with E-state index in [1.165, 1.54) is 16.6 Å². The highest BCUT2D eigenvalue weighted by Gasteiger charge is 2.35. The van der Waals surface area contributed by atoms with Gasteiger partial charge < -0.3 is 34.9 Å². The lowest BCUT2D eigenvalue weighted by molar-refractivity contribution is -0.111. The van der Waals surface area contributed by atoms with Crippen molar-refractivity contribution in [3.63, 3.8) is 0 Å². The van der Waals surface area contributed by atoms with Crippen LogP contribution in [0.25, 0.3) is 11.0 Å². The molecule has 1 aromatic carbocycles. The van der Waals surface area contributed by atoms with E-state index in [2.05, 4.69) is 56.1 Å². The maximum Gasteiger partial charge on any atom is 0.247 e. The molecule has 0 saturated carbocycles. The van der Waals surface area contributed by atoms with Crippen molar-refractivity contribution in [1.29, 1.82) is 0 Å². The van der Waals surface area contributed by atoms with Gasteiger partial charge in [-0.15, -0.1) is 0 Å². The number of aromatic nitrogens is 3. The first-order chi connectivity index (χ1) is 19.5. The summed E-state index contributed by atoms with van der Waals surface area (Å²) in [7, 11) is 2.51. The maximum absolute atomic E-state index is 12.4. The second-order valence-electron chi connectivity index (χ2n) is 10.5. The fourth-order valence-electron chi connectivity index (χ4n) is 5.09. The molecule has 3 aromatic rings. The number of amides is 1. The van der Waals surface area contributed by atoms with Gasteiger partial charge in [-0.2, -0.15) is 14.3 Å². The molecule has 2 saturated heterocycles. The van der Waals surface area contributed by atoms with E-state index in [-0.39, 0.29) is 31.0 Å². The lowest BCUT2D eigenvalue weighted by Crippen LogP contribution is -2.55. The molecule has 1 amide bonds. The van der Waals surface area contributed by atoms with Crippen LogP contribution in [0.3, 0.4) is 0 Å². The lowest BCUT2D eigenvalue weighted by atomic mass is 10.0. The Kier molecular flexibility index (Phi) is 8.07. The predicted octanol–water partition coefficient (Wildman–Crippen LogP) is 2.39. The Balaban J connectivity index is 1.44. The molecule has 0 aliphatic carbocycles. The molecule has 14 heteroatoms. The van der Waals surface area contributed by atoms with Crippen molar-refractivity contribution in [2.24, 2.45) is 0 Å². The van der Waals surface area contributed by atoms with Gasteiger partial charge in [-0.1, -0.05) is 6.58 Å². The Morgan fingerprint density at radius 1 is 1.20 bits per heavy atom. The van der Waals surface area contributed by atoms with Crippen LogP contribution in [-0.4, -0.2) is 104 Å². The quantitative estimate of drug-likeness (QED) is 0.304. The van der Waals surface area contributed by atoms with Crippen LogP contribution in [0.1, 0.15) is 12.8 Å². The highest BCUT2D eigenvalue weighted by atomic mass is 32.2. The molecule has 0 unspecified atom stereocenters. The number of carbonyl (C=O) groups excluding carboxylic acids is 1. The van der Waals surface area contributed by atoms with Gasteiger partial charge in [-0.25, -0.2) is 8.42 Å². The summed E-state index contributed by atoms with van der Waals surface area (Å²) in [5.74, 6) is 0.796. The average Bonchev–Trinajstić information content (AvgIpc) is 3.39. The highest BCUT2D eigenvalue weighted by molar-refractivity contribution is 7.88. The second kappa shape index (κ2) is 11.5. The second-order valence-corrected chi connectivity index (χ2v) is 12.5. The average molecular weight is 585 g/mol. The molecule has 0 atom stereocenters. The van der Waals surface area contributed by atoms with E-state index >= 15 is 0 Å². The van der Waals surface area contributed by atoms with Crippen LogP contribution in [0, 0.1) is 0 Å². The monoisotopic (exact) mass is 584 g/mol. The minimum Gasteiger partial charge on any atom is -0.494 e. The number of nitrogens with one attached hydrogen (secondary N) is 3. The molecule has 41 heavy (non-hydrogen) atoms. The van der Waals surface area contributed by atoms with E-state index in [4.69, 9.17) is 9.47 Å². The normalized spacial score (nSPS) is 17.0. The number of piperidine rings is 1. The van der Waals surface area contributed by atoms with E-state index in [0.29, 0.717) is 40.1 Å². The summed E-state index contributed by atoms with van der Waals surface area (Å²) in [6.07, 6.45) is 5.82. The van der Waals surface area contributed by atoms with Crippen LogP contribution < -0.4 is 25.0 Å². The number of nitrogens with zero attached hydrogens (tertiary/aromatic N) is 5. The number of ether oxygens (including phenoxy) is 2. The Hall–Kier alpha value is -3.88. The smallest absolute Gasteiger partial charge is 0.247 e. The van der Waals surface area contributed by atoms with Gasteiger partial charge in [0, 0.05) is 31.4 Å². The number of hydrogen-bond donors (Lipinski definition) is 3. The zero-order chi connectivity index (χ0) is 29.3. The van der Waals surface area contributed by atoms with E-state index in [1.807, 2.05) is 6.07 Å². The molecule has 0 spiro atoms. The Morgan fingerprint density at radius 2 is 1.93 bits per heavy atom. The largest absolute Gasteiger partial charge is 0.494 e. The molecule has 0 radical (unpaired) electrons. The molecule has 220 valence electrons. The van der Waals surface area contributed by atoms with Gasteiger partial charge in [-0.3, -0.25) is 4.79 Å². The third-order valence-electron chi connectivity index (χ3n) is 7.49. The third-order valence-corrected chi connectivity index (χ3v) is 8.72. The highest BCUT2D eigenvalue weighted by Crippen LogP contribution is 2.40. The first-order valence-corrected chi connectivity index (χ1v) is 15.2. The van der Waals surface area contributed by atoms with Crippen LogP contribution in [0.5, 0.6) is 11.6 Å². The maximum atomic E-state index is 12.4. The minimum absolute atomic E-state index is 0.244. The van der Waals surface area contributed by atoms with Gasteiger partial charge in [0.15, 0.2) is 0 Å². The van der Waals surface area contributed by atoms with Crippen molar-refractivity contribution in [3.8, 4) is 11.6 Å². The number of hydrogen-bond acceptors (Lipinski definition) is 10. The van der Waals surface area contributed by atoms with Crippen LogP contribution in [-0.2, 0) is 14.8 Å². The van der Waals surface area contributed by atoms with E-state index in [0.717, 1.165) is 31.6 Å². The number of aromatic amines is 1. The summed E-state index contributed by atoms with van der Waals surface area (Å²) < 4.78 is 36.7. The van der Waals surface area contributed by atoms with Crippen LogP contribution >= 0.6 is 0 Å². The van der Waals surface area contributed by atoms with Gasteiger partial charge in [-0.05, 0) is 45.1 Å². The van der Waals surface area contributed by atoms with Gasteiger partial charge in [0.05, 0.1) is 48.9 Å². The van der Waals surface area contributed by atoms with E-state index < -0.39 is 10.0 Å². The van der Waals surface area contributed by atoms with Crippen LogP contribution in [0.15, 0.2) is 37.1 Å². The number of carbonyl (C=O) groups is 1. The fraction of sp³-hybridized carbons (Fsp3) is 0.444. The van der Waals surface area contributed by atoms with Crippen LogP contribution in [0.2, 0.25) is 0 Å². The van der Waals surface area contributed by atoms with E-state index in [9.17, 15) is 13.2 Å². The predicted molar refractivity (Wildman–Crippen MR) is 159 cm³/mol. The summed E-state index contributed by atoms with van der Waals surface area (Å²) in [6, 6.07) is 6.01. The molecule has 5 rings (SSSR count). The molecule has 2 fully saturated rings. The summed E-state index contributed by atoms with van der Waals surface area (Å²) in [5.41, 5.74) is 2.55. The standard InChI is InChI=1S/C27H36N8O5S/c1-6-24(36)29-20-13-21(23(39-4)14-22(20)34-11-8-17(9-12-34)33(2)3)30-27-31-25-19(7-10-28-25)26(32-27)40-18-15-35(16-18)41(5,37)38/h6-7,10,13-14,17-18H,1,8-9,11-12,15-16H2,2-5H3,(H,29,36)(H2,28,30,31,32). The topological polar surface area (TPSA) is 145 Å². The number of rotatable bonds is 10. The van der Waals surface area contributed by atoms with Crippen molar-refractivity contribution in [2.75, 3.05) is 69.2 Å². The number of benzene rings is 1. The number of anilines is 4. The molecule has 2 aliphatic heterocycles. The first-order valence-electron chi connectivity index (χ1n) is 13.4. The lowest BCUT2D eigenvalue weighted by Gasteiger charge is -2.37. The van der Waals surface area contributed by atoms with Crippen molar-refractivity contribution in [3.05, 3.63) is 37.1 Å². The molecule has 13 nitrogen and oxygen atoms in total. The van der Waals surface area contributed by atoms with Crippen molar-refractivity contribution in [1.82, 2.24) is 24.2 Å². The molecular formula is C27H36N8O5S.